The number of nitrogens with zero attached hydrogens (tertiary/aromatic N) is 2. The van der Waals surface area contributed by atoms with Crippen molar-refractivity contribution in [1.82, 2.24) is 10.1 Å². The first kappa shape index (κ1) is 23.0. The molecule has 172 valence electrons. The van der Waals surface area contributed by atoms with Gasteiger partial charge in [-0.2, -0.15) is 4.98 Å². The summed E-state index contributed by atoms with van der Waals surface area (Å²) in [6.45, 7) is -0.270. The molecule has 0 saturated carbocycles. The number of carbonyl (C=O) groups is 2. The Morgan fingerprint density at radius 2 is 1.68 bits per heavy atom. The molecular weight excluding hydrogens is 460 g/mol. The lowest BCUT2D eigenvalue weighted by molar-refractivity contribution is 0.0427. The number of hydrogen-bond acceptors (Lipinski definition) is 8. The van der Waals surface area contributed by atoms with E-state index in [1.54, 1.807) is 67.8 Å². The van der Waals surface area contributed by atoms with E-state index in [9.17, 15) is 9.59 Å². The molecule has 0 aliphatic heterocycles. The van der Waals surface area contributed by atoms with Gasteiger partial charge in [0.1, 0.15) is 11.5 Å². The fourth-order valence-electron chi connectivity index (χ4n) is 3.23. The minimum absolute atomic E-state index is 0.0859. The smallest absolute Gasteiger partial charge is 0.339 e. The number of methoxy groups -OCH3 is 2. The molecule has 9 heteroatoms. The number of aromatic nitrogens is 2. The van der Waals surface area contributed by atoms with Gasteiger partial charge in [-0.25, -0.2) is 4.79 Å². The van der Waals surface area contributed by atoms with Crippen LogP contribution in [0.2, 0.25) is 5.02 Å². The highest BCUT2D eigenvalue weighted by Crippen LogP contribution is 2.31. The van der Waals surface area contributed by atoms with Gasteiger partial charge < -0.3 is 18.7 Å². The van der Waals surface area contributed by atoms with Crippen LogP contribution in [0, 0.1) is 0 Å². The Morgan fingerprint density at radius 1 is 0.941 bits per heavy atom. The lowest BCUT2D eigenvalue weighted by atomic mass is 9.98. The topological polar surface area (TPSA) is 101 Å². The van der Waals surface area contributed by atoms with Crippen LogP contribution in [0.25, 0.3) is 11.4 Å². The molecule has 0 N–H and O–H groups in total. The minimum Gasteiger partial charge on any atom is -0.497 e. The van der Waals surface area contributed by atoms with Crippen LogP contribution in [0.15, 0.2) is 71.3 Å². The Morgan fingerprint density at radius 3 is 2.38 bits per heavy atom. The fraction of sp³-hybridized carbons (Fsp3) is 0.120. The van der Waals surface area contributed by atoms with E-state index in [4.69, 9.17) is 30.3 Å². The van der Waals surface area contributed by atoms with Crippen molar-refractivity contribution >= 4 is 23.4 Å². The summed E-state index contributed by atoms with van der Waals surface area (Å²) in [5.74, 6) is 0.450. The summed E-state index contributed by atoms with van der Waals surface area (Å²) >= 11 is 5.90. The maximum absolute atomic E-state index is 12.9. The Kier molecular flexibility index (Phi) is 6.89. The highest BCUT2D eigenvalue weighted by Gasteiger charge is 2.21. The molecule has 0 amide bonds. The third-order valence-electron chi connectivity index (χ3n) is 4.94. The summed E-state index contributed by atoms with van der Waals surface area (Å²) in [5, 5.41) is 4.44. The summed E-state index contributed by atoms with van der Waals surface area (Å²) in [6.07, 6.45) is 0. The monoisotopic (exact) mass is 478 g/mol. The van der Waals surface area contributed by atoms with Crippen LogP contribution in [0.5, 0.6) is 11.5 Å². The van der Waals surface area contributed by atoms with E-state index in [-0.39, 0.29) is 35.2 Å². The number of ketones is 1. The molecule has 0 fully saturated rings. The molecule has 0 spiro atoms. The van der Waals surface area contributed by atoms with Crippen molar-refractivity contribution in [1.29, 1.82) is 0 Å². The van der Waals surface area contributed by atoms with Crippen LogP contribution in [0.3, 0.4) is 0 Å². The highest BCUT2D eigenvalue weighted by molar-refractivity contribution is 6.30. The van der Waals surface area contributed by atoms with Crippen molar-refractivity contribution in [3.63, 3.8) is 0 Å². The van der Waals surface area contributed by atoms with Gasteiger partial charge in [-0.05, 0) is 42.5 Å². The quantitative estimate of drug-likeness (QED) is 0.258. The second-order valence-electron chi connectivity index (χ2n) is 7.04. The molecule has 0 bridgehead atoms. The number of hydrogen-bond donors (Lipinski definition) is 0. The molecule has 0 unspecified atom stereocenters. The lowest BCUT2D eigenvalue weighted by Crippen LogP contribution is -2.12. The molecule has 34 heavy (non-hydrogen) atoms. The van der Waals surface area contributed by atoms with E-state index in [2.05, 4.69) is 10.1 Å². The minimum atomic E-state index is -0.695. The maximum atomic E-state index is 12.9. The molecule has 0 radical (unpaired) electrons. The highest BCUT2D eigenvalue weighted by atomic mass is 35.5. The van der Waals surface area contributed by atoms with E-state index in [0.717, 1.165) is 0 Å². The number of carbonyl (C=O) groups excluding carboxylic acids is 2. The van der Waals surface area contributed by atoms with Gasteiger partial charge in [0.25, 0.3) is 5.89 Å². The van der Waals surface area contributed by atoms with Crippen LogP contribution in [-0.2, 0) is 11.3 Å². The van der Waals surface area contributed by atoms with Crippen LogP contribution in [-0.4, -0.2) is 36.1 Å². The third kappa shape index (κ3) is 4.92. The van der Waals surface area contributed by atoms with Gasteiger partial charge in [0.05, 0.1) is 25.3 Å². The third-order valence-corrected chi connectivity index (χ3v) is 5.19. The zero-order chi connectivity index (χ0) is 24.1. The number of benzene rings is 3. The first-order valence-electron chi connectivity index (χ1n) is 10.1. The molecule has 0 aliphatic carbocycles. The van der Waals surface area contributed by atoms with Crippen LogP contribution < -0.4 is 9.47 Å². The first-order valence-corrected chi connectivity index (χ1v) is 10.5. The zero-order valence-corrected chi connectivity index (χ0v) is 19.0. The van der Waals surface area contributed by atoms with Gasteiger partial charge in [0, 0.05) is 22.2 Å². The molecule has 0 atom stereocenters. The molecule has 0 saturated heterocycles. The zero-order valence-electron chi connectivity index (χ0n) is 18.3. The van der Waals surface area contributed by atoms with Gasteiger partial charge in [-0.1, -0.05) is 35.0 Å². The van der Waals surface area contributed by atoms with Crippen molar-refractivity contribution < 1.29 is 28.3 Å². The Labute approximate surface area is 200 Å². The molecule has 1 aromatic heterocycles. The van der Waals surface area contributed by atoms with E-state index >= 15 is 0 Å². The first-order chi connectivity index (χ1) is 16.5. The van der Waals surface area contributed by atoms with Crippen LogP contribution in [0.4, 0.5) is 0 Å². The van der Waals surface area contributed by atoms with Crippen molar-refractivity contribution in [3.8, 4) is 22.9 Å². The fourth-order valence-corrected chi connectivity index (χ4v) is 3.35. The summed E-state index contributed by atoms with van der Waals surface area (Å²) in [6, 6.07) is 18.0. The van der Waals surface area contributed by atoms with Gasteiger partial charge in [0.2, 0.25) is 5.82 Å². The molecular formula is C25H19ClN2O6. The molecule has 8 nitrogen and oxygen atoms in total. The summed E-state index contributed by atoms with van der Waals surface area (Å²) < 4.78 is 21.1. The average Bonchev–Trinajstić information content (AvgIpc) is 3.35. The lowest BCUT2D eigenvalue weighted by Gasteiger charge is -2.08. The molecule has 3 aromatic carbocycles. The Bertz CT molecular complexity index is 1330. The van der Waals surface area contributed by atoms with Gasteiger partial charge in [-0.3, -0.25) is 4.79 Å². The number of esters is 1. The maximum Gasteiger partial charge on any atom is 0.339 e. The Hall–Kier alpha value is -4.17. The summed E-state index contributed by atoms with van der Waals surface area (Å²) in [5.41, 5.74) is 1.33. The molecule has 4 aromatic rings. The van der Waals surface area contributed by atoms with Crippen molar-refractivity contribution in [3.05, 3.63) is 94.3 Å². The van der Waals surface area contributed by atoms with Crippen LogP contribution >= 0.6 is 11.6 Å². The van der Waals surface area contributed by atoms with Crippen molar-refractivity contribution in [2.75, 3.05) is 14.2 Å². The normalized spacial score (nSPS) is 10.6. The van der Waals surface area contributed by atoms with Gasteiger partial charge in [-0.15, -0.1) is 0 Å². The van der Waals surface area contributed by atoms with Crippen molar-refractivity contribution in [2.24, 2.45) is 0 Å². The number of ether oxygens (including phenoxy) is 3. The summed E-state index contributed by atoms with van der Waals surface area (Å²) in [4.78, 5) is 29.9. The molecule has 4 rings (SSSR count). The van der Waals surface area contributed by atoms with E-state index < -0.39 is 5.97 Å². The standard InChI is InChI=1S/C25H19ClN2O6/c1-31-17-11-12-20(21(13-17)32-2)24-27-22(34-28-24)14-33-25(30)19-6-4-3-5-18(19)23(29)15-7-9-16(26)10-8-15/h3-13H,14H2,1-2H3. The molecule has 0 aliphatic rings. The van der Waals surface area contributed by atoms with E-state index in [1.807, 2.05) is 0 Å². The van der Waals surface area contributed by atoms with Gasteiger partial charge in [0.15, 0.2) is 12.4 Å². The number of halogens is 1. The predicted molar refractivity (Wildman–Crippen MR) is 123 cm³/mol. The number of rotatable bonds is 8. The van der Waals surface area contributed by atoms with E-state index in [0.29, 0.717) is 27.6 Å². The largest absolute Gasteiger partial charge is 0.497 e. The molecule has 1 heterocycles. The average molecular weight is 479 g/mol. The van der Waals surface area contributed by atoms with Crippen molar-refractivity contribution in [2.45, 2.75) is 6.61 Å². The SMILES string of the molecule is COc1ccc(-c2noc(COC(=O)c3ccccc3C(=O)c3ccc(Cl)cc3)n2)c(OC)c1. The van der Waals surface area contributed by atoms with E-state index in [1.165, 1.54) is 13.2 Å². The van der Waals surface area contributed by atoms with Crippen LogP contribution in [0.1, 0.15) is 32.2 Å². The Balaban J connectivity index is 1.49. The summed E-state index contributed by atoms with van der Waals surface area (Å²) in [7, 11) is 3.07. The van der Waals surface area contributed by atoms with Gasteiger partial charge >= 0.3 is 5.97 Å². The predicted octanol–water partition coefficient (Wildman–Crippen LogP) is 5.00. The second kappa shape index (κ2) is 10.2. The second-order valence-corrected chi connectivity index (χ2v) is 7.47.